The third-order valence-electron chi connectivity index (χ3n) is 3.32. The second kappa shape index (κ2) is 5.53. The Kier molecular flexibility index (Phi) is 3.57. The summed E-state index contributed by atoms with van der Waals surface area (Å²) in [6, 6.07) is 4.65. The van der Waals surface area contributed by atoms with Gasteiger partial charge >= 0.3 is 0 Å². The largest absolute Gasteiger partial charge is 0.619 e. The van der Waals surface area contributed by atoms with Crippen LogP contribution in [-0.4, -0.2) is 11.8 Å². The first-order valence-corrected chi connectivity index (χ1v) is 7.36. The van der Waals surface area contributed by atoms with Crippen molar-refractivity contribution in [2.45, 2.75) is 19.3 Å². The summed E-state index contributed by atoms with van der Waals surface area (Å²) in [7, 11) is 0. The molecule has 0 fully saturated rings. The van der Waals surface area contributed by atoms with Crippen molar-refractivity contribution < 1.29 is 14.3 Å². The lowest BCUT2D eigenvalue weighted by Gasteiger charge is -2.06. The third-order valence-corrected chi connectivity index (χ3v) is 4.56. The van der Waals surface area contributed by atoms with E-state index in [9.17, 15) is 14.8 Å². The molecule has 0 unspecified atom stereocenters. The van der Waals surface area contributed by atoms with Crippen molar-refractivity contribution in [3.05, 3.63) is 56.7 Å². The number of thiophene rings is 1. The van der Waals surface area contributed by atoms with E-state index in [1.807, 2.05) is 6.07 Å². The molecular weight excluding hydrogens is 290 g/mol. The highest BCUT2D eigenvalue weighted by Gasteiger charge is 2.18. The van der Waals surface area contributed by atoms with Gasteiger partial charge < -0.3 is 5.21 Å². The zero-order valence-corrected chi connectivity index (χ0v) is 11.9. The van der Waals surface area contributed by atoms with Gasteiger partial charge in [-0.3, -0.25) is 20.4 Å². The molecule has 2 N–H and O–H groups in total. The smallest absolute Gasteiger partial charge is 0.279 e. The lowest BCUT2D eigenvalue weighted by Crippen LogP contribution is -2.41. The molecule has 0 saturated heterocycles. The Bertz CT molecular complexity index is 672. The molecular formula is C14H13N3O3S. The number of aromatic nitrogens is 1. The fourth-order valence-corrected chi connectivity index (χ4v) is 3.40. The van der Waals surface area contributed by atoms with Crippen molar-refractivity contribution in [2.24, 2.45) is 0 Å². The van der Waals surface area contributed by atoms with Crippen LogP contribution < -0.4 is 15.6 Å². The second-order valence-electron chi connectivity index (χ2n) is 4.77. The summed E-state index contributed by atoms with van der Waals surface area (Å²) in [5.74, 6) is -0.786. The average molecular weight is 303 g/mol. The predicted octanol–water partition coefficient (Wildman–Crippen LogP) is 0.945. The van der Waals surface area contributed by atoms with E-state index in [0.29, 0.717) is 15.2 Å². The van der Waals surface area contributed by atoms with Gasteiger partial charge in [0.2, 0.25) is 0 Å². The number of carbonyl (C=O) groups is 2. The number of nitrogens with zero attached hydrogens (tertiary/aromatic N) is 1. The third kappa shape index (κ3) is 2.87. The van der Waals surface area contributed by atoms with Gasteiger partial charge in [-0.05, 0) is 30.9 Å². The molecule has 6 nitrogen and oxygen atoms in total. The maximum absolute atomic E-state index is 12.0. The minimum Gasteiger partial charge on any atom is -0.619 e. The molecule has 0 atom stereocenters. The van der Waals surface area contributed by atoms with E-state index in [1.54, 1.807) is 0 Å². The molecule has 0 aliphatic heterocycles. The lowest BCUT2D eigenvalue weighted by atomic mass is 10.2. The molecule has 2 amide bonds. The summed E-state index contributed by atoms with van der Waals surface area (Å²) in [6.45, 7) is 0. The first kappa shape index (κ1) is 13.6. The van der Waals surface area contributed by atoms with Gasteiger partial charge in [0.15, 0.2) is 12.4 Å². The number of rotatable bonds is 2. The Morgan fingerprint density at radius 3 is 2.57 bits per heavy atom. The highest BCUT2D eigenvalue weighted by Crippen LogP contribution is 2.30. The van der Waals surface area contributed by atoms with Crippen molar-refractivity contribution in [3.63, 3.8) is 0 Å². The van der Waals surface area contributed by atoms with Crippen LogP contribution in [0.25, 0.3) is 0 Å². The quantitative estimate of drug-likeness (QED) is 0.492. The van der Waals surface area contributed by atoms with E-state index in [1.165, 1.54) is 46.3 Å². The fraction of sp³-hybridized carbons (Fsp3) is 0.214. The Morgan fingerprint density at radius 2 is 1.86 bits per heavy atom. The van der Waals surface area contributed by atoms with Crippen molar-refractivity contribution in [1.82, 2.24) is 10.9 Å². The van der Waals surface area contributed by atoms with Crippen LogP contribution in [0.3, 0.4) is 0 Å². The number of hydrazine groups is 1. The summed E-state index contributed by atoms with van der Waals surface area (Å²) in [5.41, 5.74) is 6.26. The van der Waals surface area contributed by atoms with Crippen LogP contribution in [0.1, 0.15) is 36.9 Å². The highest BCUT2D eigenvalue weighted by molar-refractivity contribution is 7.14. The SMILES string of the molecule is O=C(NNC(=O)c1cc2c(s1)CCC2)c1cc[n+]([O-])cc1. The summed E-state index contributed by atoms with van der Waals surface area (Å²) in [4.78, 5) is 25.6. The average Bonchev–Trinajstić information content (AvgIpc) is 3.06. The summed E-state index contributed by atoms with van der Waals surface area (Å²) in [5, 5.41) is 10.9. The Hall–Kier alpha value is -2.41. The van der Waals surface area contributed by atoms with Crippen molar-refractivity contribution in [1.29, 1.82) is 0 Å². The number of pyridine rings is 1. The van der Waals surface area contributed by atoms with E-state index in [4.69, 9.17) is 0 Å². The van der Waals surface area contributed by atoms with Crippen molar-refractivity contribution in [3.8, 4) is 0 Å². The minimum absolute atomic E-state index is 0.302. The molecule has 3 rings (SSSR count). The van der Waals surface area contributed by atoms with E-state index < -0.39 is 5.91 Å². The number of carbonyl (C=O) groups excluding carboxylic acids is 2. The normalized spacial score (nSPS) is 12.8. The number of nitrogens with one attached hydrogen (secondary N) is 2. The molecule has 21 heavy (non-hydrogen) atoms. The number of amides is 2. The molecule has 2 aromatic heterocycles. The van der Waals surface area contributed by atoms with Gasteiger partial charge in [-0.15, -0.1) is 11.3 Å². The van der Waals surface area contributed by atoms with Crippen LogP contribution in [0.5, 0.6) is 0 Å². The molecule has 7 heteroatoms. The fourth-order valence-electron chi connectivity index (χ4n) is 2.25. The molecule has 108 valence electrons. The van der Waals surface area contributed by atoms with Gasteiger partial charge in [0.1, 0.15) is 0 Å². The first-order valence-electron chi connectivity index (χ1n) is 6.54. The zero-order valence-electron chi connectivity index (χ0n) is 11.1. The molecule has 2 aromatic rings. The van der Waals surface area contributed by atoms with Crippen LogP contribution in [0.2, 0.25) is 0 Å². The van der Waals surface area contributed by atoms with E-state index in [2.05, 4.69) is 10.9 Å². The van der Waals surface area contributed by atoms with Crippen LogP contribution in [0.4, 0.5) is 0 Å². The van der Waals surface area contributed by atoms with Crippen LogP contribution >= 0.6 is 11.3 Å². The Morgan fingerprint density at radius 1 is 1.14 bits per heavy atom. The van der Waals surface area contributed by atoms with Gasteiger partial charge in [0.05, 0.1) is 10.4 Å². The number of fused-ring (bicyclic) bond motifs is 1. The van der Waals surface area contributed by atoms with E-state index in [-0.39, 0.29) is 5.91 Å². The van der Waals surface area contributed by atoms with Crippen molar-refractivity contribution in [2.75, 3.05) is 0 Å². The molecule has 1 aliphatic rings. The van der Waals surface area contributed by atoms with E-state index in [0.717, 1.165) is 19.3 Å². The number of aryl methyl sites for hydroxylation is 2. The van der Waals surface area contributed by atoms with E-state index >= 15 is 0 Å². The number of hydrogen-bond acceptors (Lipinski definition) is 4. The minimum atomic E-state index is -0.465. The number of hydrogen-bond donors (Lipinski definition) is 2. The predicted molar refractivity (Wildman–Crippen MR) is 76.7 cm³/mol. The van der Waals surface area contributed by atoms with Gasteiger partial charge in [-0.25, -0.2) is 0 Å². The zero-order chi connectivity index (χ0) is 14.8. The van der Waals surface area contributed by atoms with Gasteiger partial charge in [0, 0.05) is 17.0 Å². The molecule has 0 bridgehead atoms. The van der Waals surface area contributed by atoms with Crippen LogP contribution in [-0.2, 0) is 12.8 Å². The topological polar surface area (TPSA) is 85.1 Å². The highest BCUT2D eigenvalue weighted by atomic mass is 32.1. The molecule has 0 saturated carbocycles. The molecule has 0 aromatic carbocycles. The Balaban J connectivity index is 1.60. The van der Waals surface area contributed by atoms with Crippen LogP contribution in [0, 0.1) is 5.21 Å². The molecule has 1 aliphatic carbocycles. The van der Waals surface area contributed by atoms with Gasteiger partial charge in [-0.2, -0.15) is 4.73 Å². The standard InChI is InChI=1S/C14H13N3O3S/c18-13(9-4-6-17(20)7-5-9)15-16-14(19)12-8-10-2-1-3-11(10)21-12/h4-8H,1-3H2,(H,15,18)(H,16,19). The molecule has 2 heterocycles. The van der Waals surface area contributed by atoms with Gasteiger partial charge in [0.25, 0.3) is 11.8 Å². The van der Waals surface area contributed by atoms with Crippen LogP contribution in [0.15, 0.2) is 30.6 Å². The summed E-state index contributed by atoms with van der Waals surface area (Å²) >= 11 is 1.47. The second-order valence-corrected chi connectivity index (χ2v) is 5.90. The summed E-state index contributed by atoms with van der Waals surface area (Å²) < 4.78 is 0.586. The Labute approximate surface area is 125 Å². The molecule has 0 spiro atoms. The maximum atomic E-state index is 12.0. The van der Waals surface area contributed by atoms with Crippen molar-refractivity contribution >= 4 is 23.2 Å². The maximum Gasteiger partial charge on any atom is 0.279 e. The first-order chi connectivity index (χ1) is 10.1. The summed E-state index contributed by atoms with van der Waals surface area (Å²) in [6.07, 6.45) is 5.64. The lowest BCUT2D eigenvalue weighted by molar-refractivity contribution is -0.605. The van der Waals surface area contributed by atoms with Gasteiger partial charge in [-0.1, -0.05) is 0 Å². The molecule has 0 radical (unpaired) electrons. The monoisotopic (exact) mass is 303 g/mol.